The van der Waals surface area contributed by atoms with E-state index in [1.54, 1.807) is 0 Å². The van der Waals surface area contributed by atoms with Crippen LogP contribution in [0.25, 0.3) is 11.1 Å². The van der Waals surface area contributed by atoms with Crippen molar-refractivity contribution in [1.82, 2.24) is 0 Å². The van der Waals surface area contributed by atoms with E-state index >= 15 is 0 Å². The van der Waals surface area contributed by atoms with Gasteiger partial charge in [-0.25, -0.2) is 4.52 Å². The van der Waals surface area contributed by atoms with Crippen molar-refractivity contribution in [3.8, 4) is 22.6 Å². The molecule has 2 atom stereocenters. The molecule has 0 bridgehead atoms. The van der Waals surface area contributed by atoms with Crippen LogP contribution in [0.15, 0.2) is 84.9 Å². The lowest BCUT2D eigenvalue weighted by Crippen LogP contribution is -2.17. The molecule has 5 heteroatoms. The van der Waals surface area contributed by atoms with Gasteiger partial charge in [-0.3, -0.25) is 0 Å². The molecule has 0 saturated carbocycles. The van der Waals surface area contributed by atoms with Crippen LogP contribution in [0, 0.1) is 0 Å². The van der Waals surface area contributed by atoms with Gasteiger partial charge in [0.25, 0.3) is 0 Å². The first-order valence-electron chi connectivity index (χ1n) is 15.8. The lowest BCUT2D eigenvalue weighted by molar-refractivity contribution is 0.492. The monoisotopic (exact) mass is 641 g/mol. The first-order chi connectivity index (χ1) is 20.7. The van der Waals surface area contributed by atoms with Gasteiger partial charge in [-0.05, 0) is 84.9 Å². The highest BCUT2D eigenvalue weighted by molar-refractivity contribution is 7.48. The van der Waals surface area contributed by atoms with E-state index in [1.165, 1.54) is 16.7 Å². The maximum atomic E-state index is 13.3. The van der Waals surface area contributed by atoms with Crippen molar-refractivity contribution < 1.29 is 13.6 Å². The molecule has 0 amide bonds. The largest absolute Gasteiger partial charge is 0.597 e. The van der Waals surface area contributed by atoms with Crippen LogP contribution in [-0.4, -0.2) is 0 Å². The highest BCUT2D eigenvalue weighted by Gasteiger charge is 2.30. The molecule has 3 nitrogen and oxygen atoms in total. The summed E-state index contributed by atoms with van der Waals surface area (Å²) in [5.74, 6) is 1.63. The Labute approximate surface area is 274 Å². The van der Waals surface area contributed by atoms with Crippen LogP contribution in [0.4, 0.5) is 0 Å². The van der Waals surface area contributed by atoms with E-state index in [9.17, 15) is 4.57 Å². The summed E-state index contributed by atoms with van der Waals surface area (Å²) in [4.78, 5) is 0. The third-order valence-electron chi connectivity index (χ3n) is 8.06. The second-order valence-electron chi connectivity index (χ2n) is 16.1. The average molecular weight is 642 g/mol. The first kappa shape index (κ1) is 34.9. The Bertz CT molecular complexity index is 1640. The van der Waals surface area contributed by atoms with E-state index in [0.29, 0.717) is 11.1 Å². The number of hydrogen-bond acceptors (Lipinski definition) is 3. The lowest BCUT2D eigenvalue weighted by Gasteiger charge is -2.27. The Balaban J connectivity index is 1.45. The maximum Gasteiger partial charge on any atom is 0.597 e. The molecule has 0 heterocycles. The van der Waals surface area contributed by atoms with Gasteiger partial charge in [-0.15, -0.1) is 0 Å². The Morgan fingerprint density at radius 1 is 0.511 bits per heavy atom. The summed E-state index contributed by atoms with van der Waals surface area (Å²) in [6, 6.07) is 29.2. The molecule has 0 saturated heterocycles. The molecule has 0 aromatic heterocycles. The Morgan fingerprint density at radius 3 is 1.38 bits per heavy atom. The molecule has 0 radical (unpaired) electrons. The number of hydrogen-bond donors (Lipinski definition) is 0. The van der Waals surface area contributed by atoms with Gasteiger partial charge in [-0.2, -0.15) is 0 Å². The summed E-state index contributed by atoms with van der Waals surface area (Å²) in [5.41, 5.74) is 6.98. The zero-order valence-corrected chi connectivity index (χ0v) is 31.1. The molecule has 4 rings (SSSR count). The van der Waals surface area contributed by atoms with Crippen LogP contribution in [0.1, 0.15) is 105 Å². The van der Waals surface area contributed by atoms with E-state index in [0.717, 1.165) is 27.7 Å². The minimum atomic E-state index is -2.05. The molecular formula is C40H51O3P2+. The Kier molecular flexibility index (Phi) is 10.1. The van der Waals surface area contributed by atoms with Crippen LogP contribution >= 0.6 is 16.8 Å². The van der Waals surface area contributed by atoms with Crippen LogP contribution in [0.2, 0.25) is 0 Å². The van der Waals surface area contributed by atoms with Crippen molar-refractivity contribution in [3.05, 3.63) is 107 Å². The molecule has 0 aliphatic heterocycles. The predicted molar refractivity (Wildman–Crippen MR) is 196 cm³/mol. The quantitative estimate of drug-likeness (QED) is 0.188. The molecule has 45 heavy (non-hydrogen) atoms. The minimum absolute atomic E-state index is 0.0155. The number of rotatable bonds is 7. The fourth-order valence-electron chi connectivity index (χ4n) is 5.10. The molecule has 0 aliphatic rings. The standard InChI is InChI=1S/C40H51O3P2/c1-37(2,3)29-17-23-35(33(25-29)39(7,8)9)42-44-31-19-13-27(14-20-31)28-15-21-32(22-16-28)45(41)43-36-24-18-30(38(4,5)6)26-34(36)40(10,11)12/h13-26,44H,1-12H3/q+1. The van der Waals surface area contributed by atoms with Crippen LogP contribution in [0.3, 0.4) is 0 Å². The molecule has 4 aromatic rings. The van der Waals surface area contributed by atoms with E-state index < -0.39 is 8.03 Å². The van der Waals surface area contributed by atoms with Crippen molar-refractivity contribution in [1.29, 1.82) is 0 Å². The molecular weight excluding hydrogens is 590 g/mol. The third kappa shape index (κ3) is 8.84. The zero-order valence-electron chi connectivity index (χ0n) is 29.3. The summed E-state index contributed by atoms with van der Waals surface area (Å²) in [6.45, 7) is 26.5. The second-order valence-corrected chi connectivity index (χ2v) is 18.3. The highest BCUT2D eigenvalue weighted by Crippen LogP contribution is 2.40. The third-order valence-corrected chi connectivity index (χ3v) is 10.0. The van der Waals surface area contributed by atoms with Gasteiger partial charge in [0.05, 0.1) is 0 Å². The van der Waals surface area contributed by atoms with Gasteiger partial charge in [0.15, 0.2) is 5.75 Å². The molecule has 238 valence electrons. The van der Waals surface area contributed by atoms with Gasteiger partial charge < -0.3 is 4.52 Å². The Hall–Kier alpha value is -2.99. The maximum absolute atomic E-state index is 13.3. The Morgan fingerprint density at radius 2 is 0.933 bits per heavy atom. The lowest BCUT2D eigenvalue weighted by atomic mass is 9.80. The molecule has 4 aromatic carbocycles. The zero-order chi connectivity index (χ0) is 33.4. The number of benzene rings is 4. The van der Waals surface area contributed by atoms with Crippen molar-refractivity contribution in [3.63, 3.8) is 0 Å². The highest BCUT2D eigenvalue weighted by atomic mass is 31.1. The van der Waals surface area contributed by atoms with Crippen molar-refractivity contribution >= 4 is 27.4 Å². The fourth-order valence-corrected chi connectivity index (χ4v) is 6.64. The van der Waals surface area contributed by atoms with E-state index in [2.05, 4.69) is 138 Å². The van der Waals surface area contributed by atoms with Crippen molar-refractivity contribution in [2.45, 2.75) is 105 Å². The van der Waals surface area contributed by atoms with E-state index in [4.69, 9.17) is 9.05 Å². The summed E-state index contributed by atoms with van der Waals surface area (Å²) >= 11 is 0. The summed E-state index contributed by atoms with van der Waals surface area (Å²) in [5, 5.41) is 1.81. The smallest absolute Gasteiger partial charge is 0.472 e. The van der Waals surface area contributed by atoms with E-state index in [1.807, 2.05) is 30.3 Å². The van der Waals surface area contributed by atoms with Crippen LogP contribution in [0.5, 0.6) is 11.5 Å². The summed E-state index contributed by atoms with van der Waals surface area (Å²) < 4.78 is 25.8. The predicted octanol–water partition coefficient (Wildman–Crippen LogP) is 11.3. The molecule has 0 fully saturated rings. The summed E-state index contributed by atoms with van der Waals surface area (Å²) in [7, 11) is -1.84. The van der Waals surface area contributed by atoms with Gasteiger partial charge >= 0.3 is 8.03 Å². The van der Waals surface area contributed by atoms with E-state index in [-0.39, 0.29) is 30.5 Å². The normalized spacial score (nSPS) is 13.3. The second kappa shape index (κ2) is 13.0. The molecule has 2 unspecified atom stereocenters. The van der Waals surface area contributed by atoms with Crippen molar-refractivity contribution in [2.75, 3.05) is 0 Å². The average Bonchev–Trinajstić information content (AvgIpc) is 2.94. The topological polar surface area (TPSA) is 35.5 Å². The van der Waals surface area contributed by atoms with Gasteiger partial charge in [0.2, 0.25) is 5.30 Å². The van der Waals surface area contributed by atoms with Gasteiger partial charge in [0.1, 0.15) is 14.6 Å². The fraction of sp³-hybridized carbons (Fsp3) is 0.400. The minimum Gasteiger partial charge on any atom is -0.472 e. The SMILES string of the molecule is CC(C)(C)c1ccc(OPc2ccc(-c3ccc([P+](=O)Oc4ccc(C(C)(C)C)cc4C(C)(C)C)cc3)cc2)c(C(C)(C)C)c1. The van der Waals surface area contributed by atoms with Crippen molar-refractivity contribution in [2.24, 2.45) is 0 Å². The molecule has 0 spiro atoms. The van der Waals surface area contributed by atoms with Crippen LogP contribution < -0.4 is 19.7 Å². The first-order valence-corrected chi connectivity index (χ1v) is 17.9. The summed E-state index contributed by atoms with van der Waals surface area (Å²) in [6.07, 6.45) is 0. The molecule has 0 aliphatic carbocycles. The van der Waals surface area contributed by atoms with Crippen LogP contribution in [-0.2, 0) is 26.2 Å². The van der Waals surface area contributed by atoms with Gasteiger partial charge in [0, 0.05) is 16.4 Å². The molecule has 0 N–H and O–H groups in total. The van der Waals surface area contributed by atoms with Gasteiger partial charge in [-0.1, -0.05) is 132 Å².